The van der Waals surface area contributed by atoms with Gasteiger partial charge >= 0.3 is 0 Å². The van der Waals surface area contributed by atoms with E-state index < -0.39 is 0 Å². The van der Waals surface area contributed by atoms with Crippen LogP contribution < -0.4 is 0 Å². The van der Waals surface area contributed by atoms with Gasteiger partial charge in [-0.1, -0.05) is 42.5 Å². The van der Waals surface area contributed by atoms with Crippen molar-refractivity contribution in [3.05, 3.63) is 71.4 Å². The molecule has 0 N–H and O–H groups in total. The van der Waals surface area contributed by atoms with Crippen molar-refractivity contribution in [2.75, 3.05) is 26.3 Å². The molecular weight excluding hydrogens is 322 g/mol. The van der Waals surface area contributed by atoms with Gasteiger partial charge < -0.3 is 4.74 Å². The van der Waals surface area contributed by atoms with Crippen molar-refractivity contribution in [3.63, 3.8) is 0 Å². The standard InChI is InChI=1S/C22H25N3O/c1-17-8-9-18(2)21(14-17)25-16-20(15-24-10-12-26-13-11-24)22(23-25)19-6-4-3-5-7-19/h3-9,14,16H,10-13,15H2,1-2H3. The summed E-state index contributed by atoms with van der Waals surface area (Å²) in [6, 6.07) is 17.0. The van der Waals surface area contributed by atoms with Crippen LogP contribution in [0.4, 0.5) is 0 Å². The van der Waals surface area contributed by atoms with Crippen LogP contribution in [-0.4, -0.2) is 41.0 Å². The molecule has 4 rings (SSSR count). The van der Waals surface area contributed by atoms with Crippen LogP contribution in [0.5, 0.6) is 0 Å². The zero-order valence-electron chi connectivity index (χ0n) is 15.5. The topological polar surface area (TPSA) is 30.3 Å². The lowest BCUT2D eigenvalue weighted by Crippen LogP contribution is -2.35. The van der Waals surface area contributed by atoms with Gasteiger partial charge in [-0.2, -0.15) is 5.10 Å². The Kier molecular flexibility index (Phi) is 4.87. The summed E-state index contributed by atoms with van der Waals surface area (Å²) in [5, 5.41) is 4.98. The molecule has 0 atom stereocenters. The van der Waals surface area contributed by atoms with E-state index in [9.17, 15) is 0 Å². The summed E-state index contributed by atoms with van der Waals surface area (Å²) in [7, 11) is 0. The van der Waals surface area contributed by atoms with Crippen LogP contribution in [0.25, 0.3) is 16.9 Å². The summed E-state index contributed by atoms with van der Waals surface area (Å²) < 4.78 is 7.54. The van der Waals surface area contributed by atoms with Crippen molar-refractivity contribution in [1.82, 2.24) is 14.7 Å². The number of aromatic nitrogens is 2. The molecule has 0 radical (unpaired) electrons. The van der Waals surface area contributed by atoms with E-state index >= 15 is 0 Å². The summed E-state index contributed by atoms with van der Waals surface area (Å²) in [6.07, 6.45) is 2.19. The van der Waals surface area contributed by atoms with Crippen LogP contribution >= 0.6 is 0 Å². The van der Waals surface area contributed by atoms with Crippen LogP contribution in [0.15, 0.2) is 54.7 Å². The van der Waals surface area contributed by atoms with Crippen molar-refractivity contribution < 1.29 is 4.74 Å². The molecule has 1 aromatic heterocycles. The second-order valence-electron chi connectivity index (χ2n) is 6.99. The van der Waals surface area contributed by atoms with Crippen LogP contribution in [0, 0.1) is 13.8 Å². The molecule has 2 heterocycles. The quantitative estimate of drug-likeness (QED) is 0.715. The molecule has 1 fully saturated rings. The van der Waals surface area contributed by atoms with Crippen LogP contribution in [0.1, 0.15) is 16.7 Å². The van der Waals surface area contributed by atoms with Crippen molar-refractivity contribution in [1.29, 1.82) is 0 Å². The van der Waals surface area contributed by atoms with Gasteiger partial charge in [-0.3, -0.25) is 4.90 Å². The van der Waals surface area contributed by atoms with Gasteiger partial charge in [-0.15, -0.1) is 0 Å². The zero-order chi connectivity index (χ0) is 17.9. The number of ether oxygens (including phenoxy) is 1. The highest BCUT2D eigenvalue weighted by Gasteiger charge is 2.18. The van der Waals surface area contributed by atoms with E-state index in [1.165, 1.54) is 22.3 Å². The number of hydrogen-bond acceptors (Lipinski definition) is 3. The summed E-state index contributed by atoms with van der Waals surface area (Å²) in [6.45, 7) is 8.74. The molecule has 0 amide bonds. The fraction of sp³-hybridized carbons (Fsp3) is 0.318. The predicted octanol–water partition coefficient (Wildman–Crippen LogP) is 3.99. The highest BCUT2D eigenvalue weighted by molar-refractivity contribution is 5.63. The minimum Gasteiger partial charge on any atom is -0.379 e. The van der Waals surface area contributed by atoms with Gasteiger partial charge in [0.25, 0.3) is 0 Å². The van der Waals surface area contributed by atoms with Gasteiger partial charge in [0, 0.05) is 37.0 Å². The number of hydrogen-bond donors (Lipinski definition) is 0. The SMILES string of the molecule is Cc1ccc(C)c(-n2cc(CN3CCOCC3)c(-c3ccccc3)n2)c1. The van der Waals surface area contributed by atoms with E-state index in [-0.39, 0.29) is 0 Å². The smallest absolute Gasteiger partial charge is 0.0972 e. The minimum absolute atomic E-state index is 0.811. The molecule has 134 valence electrons. The minimum atomic E-state index is 0.811. The number of aryl methyl sites for hydroxylation is 2. The van der Waals surface area contributed by atoms with Crippen molar-refractivity contribution in [3.8, 4) is 16.9 Å². The molecule has 0 aliphatic carbocycles. The van der Waals surface area contributed by atoms with E-state index in [1.807, 2.05) is 10.7 Å². The van der Waals surface area contributed by atoms with E-state index in [0.717, 1.165) is 44.2 Å². The molecule has 4 heteroatoms. The van der Waals surface area contributed by atoms with Crippen molar-refractivity contribution in [2.24, 2.45) is 0 Å². The van der Waals surface area contributed by atoms with Crippen LogP contribution in [0.3, 0.4) is 0 Å². The van der Waals surface area contributed by atoms with Gasteiger partial charge in [0.15, 0.2) is 0 Å². The zero-order valence-corrected chi connectivity index (χ0v) is 15.5. The lowest BCUT2D eigenvalue weighted by molar-refractivity contribution is 0.0342. The van der Waals surface area contributed by atoms with Gasteiger partial charge in [0.1, 0.15) is 0 Å². The molecule has 26 heavy (non-hydrogen) atoms. The summed E-state index contributed by atoms with van der Waals surface area (Å²) >= 11 is 0. The van der Waals surface area contributed by atoms with Crippen LogP contribution in [0.2, 0.25) is 0 Å². The molecule has 1 aliphatic heterocycles. The van der Waals surface area contributed by atoms with E-state index in [2.05, 4.69) is 67.4 Å². The largest absolute Gasteiger partial charge is 0.379 e. The Morgan fingerprint density at radius 2 is 1.77 bits per heavy atom. The van der Waals surface area contributed by atoms with Gasteiger partial charge in [-0.25, -0.2) is 4.68 Å². The fourth-order valence-corrected chi connectivity index (χ4v) is 3.45. The molecule has 1 saturated heterocycles. The first-order valence-corrected chi connectivity index (χ1v) is 9.22. The average Bonchev–Trinajstić information content (AvgIpc) is 3.09. The highest BCUT2D eigenvalue weighted by atomic mass is 16.5. The summed E-state index contributed by atoms with van der Waals surface area (Å²) in [5.41, 5.74) is 7.12. The fourth-order valence-electron chi connectivity index (χ4n) is 3.45. The first-order valence-electron chi connectivity index (χ1n) is 9.22. The molecule has 0 unspecified atom stereocenters. The Bertz CT molecular complexity index is 880. The summed E-state index contributed by atoms with van der Waals surface area (Å²) in [4.78, 5) is 2.44. The van der Waals surface area contributed by atoms with E-state index in [0.29, 0.717) is 0 Å². The lowest BCUT2D eigenvalue weighted by Gasteiger charge is -2.26. The molecule has 2 aromatic carbocycles. The molecular formula is C22H25N3O. The highest BCUT2D eigenvalue weighted by Crippen LogP contribution is 2.26. The molecule has 3 aromatic rings. The Labute approximate surface area is 155 Å². The third-order valence-electron chi connectivity index (χ3n) is 4.95. The number of benzene rings is 2. The molecule has 0 spiro atoms. The second-order valence-corrected chi connectivity index (χ2v) is 6.99. The Morgan fingerprint density at radius 1 is 1.00 bits per heavy atom. The van der Waals surface area contributed by atoms with Crippen molar-refractivity contribution in [2.45, 2.75) is 20.4 Å². The summed E-state index contributed by atoms with van der Waals surface area (Å²) in [5.74, 6) is 0. The van der Waals surface area contributed by atoms with Gasteiger partial charge in [0.05, 0.1) is 24.6 Å². The second kappa shape index (κ2) is 7.44. The van der Waals surface area contributed by atoms with E-state index in [1.54, 1.807) is 0 Å². The average molecular weight is 347 g/mol. The van der Waals surface area contributed by atoms with Gasteiger partial charge in [-0.05, 0) is 31.0 Å². The Morgan fingerprint density at radius 3 is 2.54 bits per heavy atom. The maximum Gasteiger partial charge on any atom is 0.0972 e. The normalized spacial score (nSPS) is 15.3. The third kappa shape index (κ3) is 3.57. The molecule has 4 nitrogen and oxygen atoms in total. The Hall–Kier alpha value is -2.43. The number of nitrogens with zero attached hydrogens (tertiary/aromatic N) is 3. The third-order valence-corrected chi connectivity index (χ3v) is 4.95. The molecule has 0 saturated carbocycles. The van der Waals surface area contributed by atoms with Gasteiger partial charge in [0.2, 0.25) is 0 Å². The number of rotatable bonds is 4. The number of morpholine rings is 1. The van der Waals surface area contributed by atoms with Crippen LogP contribution in [-0.2, 0) is 11.3 Å². The first-order chi connectivity index (χ1) is 12.7. The maximum absolute atomic E-state index is 5.49. The molecule has 0 bridgehead atoms. The predicted molar refractivity (Wildman–Crippen MR) is 105 cm³/mol. The Balaban J connectivity index is 1.75. The lowest BCUT2D eigenvalue weighted by atomic mass is 10.1. The maximum atomic E-state index is 5.49. The van der Waals surface area contributed by atoms with Crippen molar-refractivity contribution >= 4 is 0 Å². The van der Waals surface area contributed by atoms with E-state index in [4.69, 9.17) is 9.84 Å². The molecule has 1 aliphatic rings. The monoisotopic (exact) mass is 347 g/mol. The first kappa shape index (κ1) is 17.0.